The van der Waals surface area contributed by atoms with Crippen LogP contribution in [0.25, 0.3) is 0 Å². The summed E-state index contributed by atoms with van der Waals surface area (Å²) in [6, 6.07) is 0. The molecule has 0 aromatic carbocycles. The second-order valence-electron chi connectivity index (χ2n) is 2.61. The topological polar surface area (TPSA) is 36.8 Å². The lowest BCUT2D eigenvalue weighted by Gasteiger charge is -1.99. The lowest BCUT2D eigenvalue weighted by Crippen LogP contribution is -2.02. The lowest BCUT2D eigenvalue weighted by atomic mass is 10.2. The zero-order valence-electron chi connectivity index (χ0n) is 8.54. The highest BCUT2D eigenvalue weighted by molar-refractivity contribution is 5.60. The molecule has 0 amide bonds. The van der Waals surface area contributed by atoms with E-state index in [2.05, 4.69) is 21.9 Å². The van der Waals surface area contributed by atoms with Gasteiger partial charge in [0.25, 0.3) is 0 Å². The van der Waals surface area contributed by atoms with Gasteiger partial charge in [-0.2, -0.15) is 0 Å². The number of hydrogen-bond donors (Lipinski definition) is 1. The molecule has 0 fully saturated rings. The number of allylic oxidation sites excluding steroid dienone is 1. The Hall–Kier alpha value is -1.38. The van der Waals surface area contributed by atoms with Crippen molar-refractivity contribution in [3.8, 4) is 0 Å². The molecule has 13 heavy (non-hydrogen) atoms. The van der Waals surface area contributed by atoms with E-state index in [1.807, 2.05) is 26.3 Å². The average molecular weight is 179 g/mol. The van der Waals surface area contributed by atoms with Crippen molar-refractivity contribution < 1.29 is 0 Å². The SMILES string of the molecule is C=C(/N=C/C)N/C=C(/C)CC=NC. The summed E-state index contributed by atoms with van der Waals surface area (Å²) in [5, 5.41) is 2.98. The van der Waals surface area contributed by atoms with Gasteiger partial charge in [0.15, 0.2) is 0 Å². The van der Waals surface area contributed by atoms with Crippen LogP contribution >= 0.6 is 0 Å². The second-order valence-corrected chi connectivity index (χ2v) is 2.61. The number of hydrogen-bond acceptors (Lipinski definition) is 3. The molecule has 3 heteroatoms. The van der Waals surface area contributed by atoms with E-state index in [4.69, 9.17) is 0 Å². The zero-order valence-corrected chi connectivity index (χ0v) is 8.54. The first-order chi connectivity index (χ1) is 6.20. The third-order valence-corrected chi connectivity index (χ3v) is 1.37. The Morgan fingerprint density at radius 1 is 1.54 bits per heavy atom. The first-order valence-corrected chi connectivity index (χ1v) is 4.21. The molecule has 0 unspecified atom stereocenters. The molecule has 0 heterocycles. The fourth-order valence-electron chi connectivity index (χ4n) is 0.694. The van der Waals surface area contributed by atoms with Gasteiger partial charge in [0.05, 0.1) is 0 Å². The Morgan fingerprint density at radius 2 is 2.23 bits per heavy atom. The molecular formula is C10H17N3. The van der Waals surface area contributed by atoms with Gasteiger partial charge >= 0.3 is 0 Å². The summed E-state index contributed by atoms with van der Waals surface area (Å²) in [5.41, 5.74) is 1.19. The van der Waals surface area contributed by atoms with Gasteiger partial charge in [-0.1, -0.05) is 12.2 Å². The van der Waals surface area contributed by atoms with E-state index in [1.165, 1.54) is 5.57 Å². The minimum absolute atomic E-state index is 0.648. The molecule has 3 nitrogen and oxygen atoms in total. The van der Waals surface area contributed by atoms with E-state index < -0.39 is 0 Å². The Balaban J connectivity index is 3.89. The molecule has 72 valence electrons. The Morgan fingerprint density at radius 3 is 2.77 bits per heavy atom. The van der Waals surface area contributed by atoms with Gasteiger partial charge in [0.1, 0.15) is 5.82 Å². The summed E-state index contributed by atoms with van der Waals surface area (Å²) < 4.78 is 0. The molecule has 0 saturated heterocycles. The van der Waals surface area contributed by atoms with E-state index in [0.717, 1.165) is 6.42 Å². The summed E-state index contributed by atoms with van der Waals surface area (Å²) in [5.74, 6) is 0.648. The van der Waals surface area contributed by atoms with Crippen LogP contribution in [-0.2, 0) is 0 Å². The van der Waals surface area contributed by atoms with Gasteiger partial charge < -0.3 is 10.3 Å². The van der Waals surface area contributed by atoms with Crippen molar-refractivity contribution in [1.82, 2.24) is 5.32 Å². The van der Waals surface area contributed by atoms with Crippen LogP contribution < -0.4 is 5.32 Å². The predicted molar refractivity (Wildman–Crippen MR) is 59.2 cm³/mol. The van der Waals surface area contributed by atoms with Crippen molar-refractivity contribution in [2.24, 2.45) is 9.98 Å². The highest BCUT2D eigenvalue weighted by Crippen LogP contribution is 1.96. The van der Waals surface area contributed by atoms with E-state index in [-0.39, 0.29) is 0 Å². The van der Waals surface area contributed by atoms with Crippen LogP contribution in [0.15, 0.2) is 34.2 Å². The third-order valence-electron chi connectivity index (χ3n) is 1.37. The van der Waals surface area contributed by atoms with Crippen LogP contribution in [-0.4, -0.2) is 19.5 Å². The third kappa shape index (κ3) is 7.00. The van der Waals surface area contributed by atoms with Crippen LogP contribution in [0.3, 0.4) is 0 Å². The molecule has 0 saturated carbocycles. The van der Waals surface area contributed by atoms with Gasteiger partial charge in [-0.15, -0.1) is 0 Å². The Bertz CT molecular complexity index is 237. The van der Waals surface area contributed by atoms with Crippen molar-refractivity contribution in [3.63, 3.8) is 0 Å². The number of aliphatic imine (C=N–C) groups is 2. The summed E-state index contributed by atoms with van der Waals surface area (Å²) in [6.07, 6.45) is 6.30. The maximum Gasteiger partial charge on any atom is 0.122 e. The van der Waals surface area contributed by atoms with Crippen LogP contribution in [0.1, 0.15) is 20.3 Å². The molecule has 0 aliphatic rings. The molecular weight excluding hydrogens is 162 g/mol. The molecule has 0 rings (SSSR count). The fraction of sp³-hybridized carbons (Fsp3) is 0.400. The summed E-state index contributed by atoms with van der Waals surface area (Å²) in [4.78, 5) is 7.86. The first kappa shape index (κ1) is 11.6. The standard InChI is InChI=1S/C10H17N3/c1-5-12-10(3)13-8-9(2)6-7-11-4/h5,7-8,13H,3,6H2,1-2,4H3/b9-8-,11-7?,12-5+. The fourth-order valence-corrected chi connectivity index (χ4v) is 0.694. The summed E-state index contributed by atoms with van der Waals surface area (Å²) >= 11 is 0. The molecule has 0 aliphatic carbocycles. The minimum atomic E-state index is 0.648. The monoisotopic (exact) mass is 179 g/mol. The van der Waals surface area contributed by atoms with Gasteiger partial charge in [-0.25, -0.2) is 4.99 Å². The van der Waals surface area contributed by atoms with E-state index in [0.29, 0.717) is 5.82 Å². The predicted octanol–water partition coefficient (Wildman–Crippen LogP) is 2.13. The molecule has 0 atom stereocenters. The lowest BCUT2D eigenvalue weighted by molar-refractivity contribution is 1.01. The van der Waals surface area contributed by atoms with E-state index in [1.54, 1.807) is 13.3 Å². The largest absolute Gasteiger partial charge is 0.347 e. The van der Waals surface area contributed by atoms with Crippen molar-refractivity contribution in [3.05, 3.63) is 24.2 Å². The van der Waals surface area contributed by atoms with Crippen LogP contribution in [0.5, 0.6) is 0 Å². The number of nitrogens with zero attached hydrogens (tertiary/aromatic N) is 2. The molecule has 0 aromatic heterocycles. The quantitative estimate of drug-likeness (QED) is 0.645. The minimum Gasteiger partial charge on any atom is -0.347 e. The number of nitrogens with one attached hydrogen (secondary N) is 1. The Kier molecular flexibility index (Phi) is 6.51. The highest BCUT2D eigenvalue weighted by Gasteiger charge is 1.86. The molecule has 0 radical (unpaired) electrons. The molecule has 1 N–H and O–H groups in total. The summed E-state index contributed by atoms with van der Waals surface area (Å²) in [7, 11) is 1.76. The van der Waals surface area contributed by atoms with Gasteiger partial charge in [-0.3, -0.25) is 0 Å². The van der Waals surface area contributed by atoms with Crippen molar-refractivity contribution in [2.45, 2.75) is 20.3 Å². The molecule has 0 aromatic rings. The summed E-state index contributed by atoms with van der Waals surface area (Å²) in [6.45, 7) is 7.59. The number of rotatable bonds is 5. The smallest absolute Gasteiger partial charge is 0.122 e. The molecule has 0 aliphatic heterocycles. The average Bonchev–Trinajstić information content (AvgIpc) is 2.12. The van der Waals surface area contributed by atoms with Crippen LogP contribution in [0, 0.1) is 0 Å². The van der Waals surface area contributed by atoms with Gasteiger partial charge in [0, 0.05) is 32.1 Å². The van der Waals surface area contributed by atoms with Gasteiger partial charge in [0.2, 0.25) is 0 Å². The van der Waals surface area contributed by atoms with Crippen molar-refractivity contribution in [1.29, 1.82) is 0 Å². The van der Waals surface area contributed by atoms with Gasteiger partial charge in [-0.05, 0) is 13.8 Å². The Labute approximate surface area is 80.0 Å². The van der Waals surface area contributed by atoms with E-state index in [9.17, 15) is 0 Å². The highest BCUT2D eigenvalue weighted by atomic mass is 15.0. The molecule has 0 bridgehead atoms. The normalized spacial score (nSPS) is 12.7. The first-order valence-electron chi connectivity index (χ1n) is 4.21. The van der Waals surface area contributed by atoms with Crippen molar-refractivity contribution in [2.75, 3.05) is 7.05 Å². The maximum absolute atomic E-state index is 3.97. The van der Waals surface area contributed by atoms with Crippen LogP contribution in [0.4, 0.5) is 0 Å². The van der Waals surface area contributed by atoms with Crippen molar-refractivity contribution >= 4 is 12.4 Å². The van der Waals surface area contributed by atoms with E-state index >= 15 is 0 Å². The molecule has 0 spiro atoms. The van der Waals surface area contributed by atoms with Crippen LogP contribution in [0.2, 0.25) is 0 Å². The maximum atomic E-state index is 3.97. The zero-order chi connectivity index (χ0) is 10.1. The second kappa shape index (κ2) is 7.28.